The molecular weight excluding hydrogens is 275 g/mol. The van der Waals surface area contributed by atoms with Crippen LogP contribution in [0.15, 0.2) is 0 Å². The van der Waals surface area contributed by atoms with Crippen LogP contribution in [0.2, 0.25) is 0 Å². The highest BCUT2D eigenvalue weighted by molar-refractivity contribution is 7.38. The number of hydrogen-bond donors (Lipinski definition) is 0. The van der Waals surface area contributed by atoms with E-state index >= 15 is 0 Å². The largest absolute Gasteiger partial charge is 0.245 e. The molecule has 19 heavy (non-hydrogen) atoms. The van der Waals surface area contributed by atoms with E-state index < -0.39 is 24.7 Å². The summed E-state index contributed by atoms with van der Waals surface area (Å²) < 4.78 is 52.3. The lowest BCUT2D eigenvalue weighted by Crippen LogP contribution is -2.23. The van der Waals surface area contributed by atoms with Gasteiger partial charge in [0.15, 0.2) is 6.17 Å². The van der Waals surface area contributed by atoms with Gasteiger partial charge in [-0.3, -0.25) is 0 Å². The molecule has 0 rings (SSSR count). The summed E-state index contributed by atoms with van der Waals surface area (Å²) in [6.45, 7) is 5.38. The van der Waals surface area contributed by atoms with Crippen molar-refractivity contribution in [3.8, 4) is 0 Å². The van der Waals surface area contributed by atoms with Crippen molar-refractivity contribution >= 4 is 8.58 Å². The van der Waals surface area contributed by atoms with Gasteiger partial charge < -0.3 is 0 Å². The fourth-order valence-corrected chi connectivity index (χ4v) is 3.41. The zero-order valence-corrected chi connectivity index (χ0v) is 13.4. The molecule has 0 aromatic carbocycles. The first kappa shape index (κ1) is 19.1. The third kappa shape index (κ3) is 9.65. The Morgan fingerprint density at radius 2 is 1.42 bits per heavy atom. The summed E-state index contributed by atoms with van der Waals surface area (Å²) in [5, 5.41) is 0. The molecule has 0 aromatic rings. The zero-order valence-electron chi connectivity index (χ0n) is 12.2. The monoisotopic (exact) mass is 303 g/mol. The second-order valence-corrected chi connectivity index (χ2v) is 7.04. The Balaban J connectivity index is 3.67. The van der Waals surface area contributed by atoms with E-state index in [4.69, 9.17) is 0 Å². The molecule has 0 spiro atoms. The van der Waals surface area contributed by atoms with Gasteiger partial charge >= 0.3 is 0 Å². The van der Waals surface area contributed by atoms with Crippen molar-refractivity contribution in [1.29, 1.82) is 0 Å². The molecule has 0 aliphatic rings. The van der Waals surface area contributed by atoms with Gasteiger partial charge in [-0.15, -0.1) is 0 Å². The van der Waals surface area contributed by atoms with Crippen molar-refractivity contribution < 1.29 is 17.6 Å². The molecule has 6 unspecified atom stereocenters. The van der Waals surface area contributed by atoms with Crippen LogP contribution in [-0.4, -0.2) is 37.0 Å². The van der Waals surface area contributed by atoms with Gasteiger partial charge in [-0.05, 0) is 40.7 Å². The van der Waals surface area contributed by atoms with E-state index in [2.05, 4.69) is 13.8 Å². The Hall–Kier alpha value is 0.150. The number of hydrogen-bond acceptors (Lipinski definition) is 0. The van der Waals surface area contributed by atoms with Crippen LogP contribution >= 0.6 is 8.58 Å². The van der Waals surface area contributed by atoms with Gasteiger partial charge in [0, 0.05) is 0 Å². The third-order valence-corrected chi connectivity index (χ3v) is 5.09. The molecule has 0 aliphatic carbocycles. The minimum Gasteiger partial charge on any atom is -0.245 e. The third-order valence-electron chi connectivity index (χ3n) is 3.56. The summed E-state index contributed by atoms with van der Waals surface area (Å²) >= 11 is 0. The first-order valence-electron chi connectivity index (χ1n) is 7.26. The molecule has 0 aromatic heterocycles. The maximum absolute atomic E-state index is 13.5. The average Bonchev–Trinajstić information content (AvgIpc) is 2.39. The van der Waals surface area contributed by atoms with Crippen molar-refractivity contribution in [2.24, 2.45) is 5.92 Å². The van der Waals surface area contributed by atoms with E-state index in [1.165, 1.54) is 0 Å². The summed E-state index contributed by atoms with van der Waals surface area (Å²) in [5.41, 5.74) is 0. The van der Waals surface area contributed by atoms with Gasteiger partial charge in [0.1, 0.15) is 18.5 Å². The van der Waals surface area contributed by atoms with E-state index in [0.29, 0.717) is 5.92 Å². The van der Waals surface area contributed by atoms with Gasteiger partial charge in [0.2, 0.25) is 0 Å². The van der Waals surface area contributed by atoms with Gasteiger partial charge in [0.05, 0.1) is 12.3 Å². The molecule has 0 fully saturated rings. The maximum Gasteiger partial charge on any atom is 0.164 e. The first-order chi connectivity index (χ1) is 8.88. The van der Waals surface area contributed by atoms with E-state index in [0.717, 1.165) is 25.9 Å². The lowest BCUT2D eigenvalue weighted by Gasteiger charge is -2.14. The molecule has 0 amide bonds. The van der Waals surface area contributed by atoms with Crippen molar-refractivity contribution in [2.45, 2.75) is 71.1 Å². The summed E-state index contributed by atoms with van der Waals surface area (Å²) in [6, 6.07) is 0. The normalized spacial score (nSPS) is 20.4. The molecule has 0 saturated heterocycles. The number of halogens is 4. The van der Waals surface area contributed by atoms with Crippen molar-refractivity contribution in [1.82, 2.24) is 0 Å². The highest BCUT2D eigenvalue weighted by atomic mass is 31.1. The SMILES string of the molecule is CCC(C)CC[PH2+]CC(F)C(F)CCC(F)C(C)F. The topological polar surface area (TPSA) is 0 Å². The minimum absolute atomic E-state index is 0.0766. The molecule has 0 aliphatic heterocycles. The Morgan fingerprint density at radius 1 is 0.842 bits per heavy atom. The average molecular weight is 303 g/mol. The van der Waals surface area contributed by atoms with E-state index in [1.807, 2.05) is 0 Å². The fourth-order valence-electron chi connectivity index (χ4n) is 1.76. The molecule has 0 nitrogen and oxygen atoms in total. The summed E-state index contributed by atoms with van der Waals surface area (Å²) in [4.78, 5) is 0. The lowest BCUT2D eigenvalue weighted by molar-refractivity contribution is 0.129. The highest BCUT2D eigenvalue weighted by Crippen LogP contribution is 2.24. The van der Waals surface area contributed by atoms with Crippen LogP contribution in [0.3, 0.4) is 0 Å². The van der Waals surface area contributed by atoms with Crippen LogP contribution in [0.4, 0.5) is 17.6 Å². The Bertz CT molecular complexity index is 214. The van der Waals surface area contributed by atoms with Crippen LogP contribution in [0.1, 0.15) is 46.5 Å². The highest BCUT2D eigenvalue weighted by Gasteiger charge is 2.25. The maximum atomic E-state index is 13.5. The molecule has 0 saturated carbocycles. The zero-order chi connectivity index (χ0) is 14.8. The van der Waals surface area contributed by atoms with Crippen LogP contribution < -0.4 is 0 Å². The van der Waals surface area contributed by atoms with Crippen molar-refractivity contribution in [2.75, 3.05) is 12.3 Å². The number of rotatable bonds is 11. The van der Waals surface area contributed by atoms with E-state index in [-0.39, 0.29) is 27.6 Å². The van der Waals surface area contributed by atoms with E-state index in [9.17, 15) is 17.6 Å². The van der Waals surface area contributed by atoms with Gasteiger partial charge in [-0.1, -0.05) is 20.3 Å². The van der Waals surface area contributed by atoms with Crippen LogP contribution in [0.25, 0.3) is 0 Å². The van der Waals surface area contributed by atoms with Gasteiger partial charge in [0.25, 0.3) is 0 Å². The first-order valence-corrected chi connectivity index (χ1v) is 8.89. The molecule has 5 heteroatoms. The predicted octanol–water partition coefficient (Wildman–Crippen LogP) is 4.99. The van der Waals surface area contributed by atoms with Crippen molar-refractivity contribution in [3.63, 3.8) is 0 Å². The Labute approximate surface area is 116 Å². The van der Waals surface area contributed by atoms with Crippen LogP contribution in [-0.2, 0) is 0 Å². The standard InChI is InChI=1S/C14H27F4P/c1-4-10(2)7-8-19-9-14(18)13(17)6-5-12(16)11(3)15/h10-14,19H,4-9H2,1-3H3/p+1. The van der Waals surface area contributed by atoms with Gasteiger partial charge in [-0.25, -0.2) is 17.6 Å². The molecule has 0 bridgehead atoms. The Kier molecular flexibility index (Phi) is 11.0. The summed E-state index contributed by atoms with van der Waals surface area (Å²) in [7, 11) is -0.0766. The smallest absolute Gasteiger partial charge is 0.164 e. The fraction of sp³-hybridized carbons (Fsp3) is 1.00. The number of alkyl halides is 4. The van der Waals surface area contributed by atoms with Crippen molar-refractivity contribution in [3.05, 3.63) is 0 Å². The second kappa shape index (κ2) is 10.9. The Morgan fingerprint density at radius 3 is 1.95 bits per heavy atom. The molecule has 0 radical (unpaired) electrons. The minimum atomic E-state index is -1.68. The molecule has 6 atom stereocenters. The molecular formula is C14H28F4P+. The van der Waals surface area contributed by atoms with Gasteiger partial charge in [-0.2, -0.15) is 0 Å². The van der Waals surface area contributed by atoms with Crippen LogP contribution in [0, 0.1) is 5.92 Å². The lowest BCUT2D eigenvalue weighted by atomic mass is 10.1. The second-order valence-electron chi connectivity index (χ2n) is 5.42. The van der Waals surface area contributed by atoms with Crippen LogP contribution in [0.5, 0.6) is 0 Å². The quantitative estimate of drug-likeness (QED) is 0.287. The van der Waals surface area contributed by atoms with E-state index in [1.54, 1.807) is 0 Å². The molecule has 0 N–H and O–H groups in total. The molecule has 0 heterocycles. The summed E-state index contributed by atoms with van der Waals surface area (Å²) in [6.07, 6.45) is -3.46. The summed E-state index contributed by atoms with van der Waals surface area (Å²) in [5.74, 6) is 0.644. The molecule has 116 valence electrons. The predicted molar refractivity (Wildman–Crippen MR) is 78.0 cm³/mol.